The molecule has 1 aromatic carbocycles. The molecule has 0 aromatic heterocycles. The van der Waals surface area contributed by atoms with Gasteiger partial charge in [-0.3, -0.25) is 0 Å². The van der Waals surface area contributed by atoms with E-state index in [2.05, 4.69) is 9.47 Å². The molecule has 0 amide bonds. The minimum Gasteiger partial charge on any atom is -0.465 e. The Bertz CT molecular complexity index is 419. The van der Waals surface area contributed by atoms with Crippen molar-refractivity contribution < 1.29 is 19.1 Å². The fraction of sp³-hybridized carbons (Fsp3) is 0.333. The number of fused-ring (bicyclic) bond motifs is 1. The number of ether oxygens (including phenoxy) is 2. The largest absolute Gasteiger partial charge is 0.465 e. The van der Waals surface area contributed by atoms with Crippen LogP contribution in [0.15, 0.2) is 12.1 Å². The highest BCUT2D eigenvalue weighted by molar-refractivity contribution is 6.03. The van der Waals surface area contributed by atoms with E-state index < -0.39 is 11.9 Å². The summed E-state index contributed by atoms with van der Waals surface area (Å²) >= 11 is 0. The van der Waals surface area contributed by atoms with Crippen LogP contribution < -0.4 is 0 Å². The van der Waals surface area contributed by atoms with E-state index in [1.807, 2.05) is 0 Å². The van der Waals surface area contributed by atoms with Gasteiger partial charge in [0.2, 0.25) is 0 Å². The summed E-state index contributed by atoms with van der Waals surface area (Å²) in [6.07, 6.45) is 1.89. The number of carbonyl (C=O) groups is 2. The lowest BCUT2D eigenvalue weighted by atomic mass is 9.85. The minimum atomic E-state index is -0.505. The molecular formula is C12H12O4. The topological polar surface area (TPSA) is 52.6 Å². The van der Waals surface area contributed by atoms with Gasteiger partial charge in [-0.25, -0.2) is 9.59 Å². The van der Waals surface area contributed by atoms with Gasteiger partial charge in [-0.05, 0) is 36.1 Å². The molecule has 4 nitrogen and oxygen atoms in total. The van der Waals surface area contributed by atoms with Crippen molar-refractivity contribution in [1.29, 1.82) is 0 Å². The van der Waals surface area contributed by atoms with Crippen LogP contribution in [0.1, 0.15) is 31.8 Å². The van der Waals surface area contributed by atoms with Crippen molar-refractivity contribution in [1.82, 2.24) is 0 Å². The van der Waals surface area contributed by atoms with E-state index in [9.17, 15) is 9.59 Å². The SMILES string of the molecule is COC(=O)c1cc2c(cc1C(=O)OC)CC2. The Kier molecular flexibility index (Phi) is 2.64. The average Bonchev–Trinajstić information content (AvgIpc) is 2.28. The van der Waals surface area contributed by atoms with Gasteiger partial charge in [-0.1, -0.05) is 0 Å². The molecule has 1 aliphatic carbocycles. The van der Waals surface area contributed by atoms with E-state index in [0.717, 1.165) is 24.0 Å². The smallest absolute Gasteiger partial charge is 0.338 e. The summed E-state index contributed by atoms with van der Waals surface area (Å²) in [5.41, 5.74) is 2.78. The Morgan fingerprint density at radius 1 is 0.938 bits per heavy atom. The van der Waals surface area contributed by atoms with Crippen LogP contribution >= 0.6 is 0 Å². The Labute approximate surface area is 93.2 Å². The quantitative estimate of drug-likeness (QED) is 0.706. The maximum atomic E-state index is 11.5. The summed E-state index contributed by atoms with van der Waals surface area (Å²) in [5.74, 6) is -1.01. The summed E-state index contributed by atoms with van der Waals surface area (Å²) in [5, 5.41) is 0. The van der Waals surface area contributed by atoms with Crippen molar-refractivity contribution in [3.05, 3.63) is 34.4 Å². The lowest BCUT2D eigenvalue weighted by Crippen LogP contribution is -2.17. The molecule has 0 atom stereocenters. The van der Waals surface area contributed by atoms with E-state index in [1.54, 1.807) is 12.1 Å². The number of esters is 2. The second-order valence-electron chi connectivity index (χ2n) is 3.65. The molecule has 0 radical (unpaired) electrons. The van der Waals surface area contributed by atoms with Crippen molar-refractivity contribution in [2.45, 2.75) is 12.8 Å². The Morgan fingerprint density at radius 2 is 1.31 bits per heavy atom. The van der Waals surface area contributed by atoms with E-state index in [1.165, 1.54) is 14.2 Å². The van der Waals surface area contributed by atoms with Crippen LogP contribution in [-0.4, -0.2) is 26.2 Å². The van der Waals surface area contributed by atoms with E-state index in [0.29, 0.717) is 0 Å². The third-order valence-electron chi connectivity index (χ3n) is 2.81. The standard InChI is InChI=1S/C12H12O4/c1-15-11(13)9-5-7-3-4-8(7)6-10(9)12(14)16-2/h5-6H,3-4H2,1-2H3. The average molecular weight is 220 g/mol. The highest BCUT2D eigenvalue weighted by atomic mass is 16.5. The Hall–Kier alpha value is -1.84. The number of benzene rings is 1. The van der Waals surface area contributed by atoms with Gasteiger partial charge in [0.05, 0.1) is 25.3 Å². The monoisotopic (exact) mass is 220 g/mol. The Morgan fingerprint density at radius 3 is 1.56 bits per heavy atom. The lowest BCUT2D eigenvalue weighted by molar-refractivity contribution is 0.0555. The van der Waals surface area contributed by atoms with Gasteiger partial charge in [0.25, 0.3) is 0 Å². The first-order valence-electron chi connectivity index (χ1n) is 4.99. The molecule has 1 aliphatic rings. The summed E-state index contributed by atoms with van der Waals surface area (Å²) < 4.78 is 9.29. The first-order valence-corrected chi connectivity index (χ1v) is 4.99. The molecule has 0 fully saturated rings. The van der Waals surface area contributed by atoms with Gasteiger partial charge in [-0.15, -0.1) is 0 Å². The molecule has 1 aromatic rings. The number of hydrogen-bond acceptors (Lipinski definition) is 4. The van der Waals surface area contributed by atoms with Crippen molar-refractivity contribution in [3.8, 4) is 0 Å². The number of rotatable bonds is 2. The highest BCUT2D eigenvalue weighted by Gasteiger charge is 2.24. The molecule has 0 aliphatic heterocycles. The van der Waals surface area contributed by atoms with Gasteiger partial charge in [0, 0.05) is 0 Å². The molecule has 0 spiro atoms. The molecule has 16 heavy (non-hydrogen) atoms. The van der Waals surface area contributed by atoms with Crippen molar-refractivity contribution in [3.63, 3.8) is 0 Å². The summed E-state index contributed by atoms with van der Waals surface area (Å²) in [4.78, 5) is 23.0. The number of methoxy groups -OCH3 is 2. The molecule has 0 saturated carbocycles. The molecule has 4 heteroatoms. The molecule has 0 saturated heterocycles. The van der Waals surface area contributed by atoms with Crippen LogP contribution in [-0.2, 0) is 22.3 Å². The van der Waals surface area contributed by atoms with Crippen LogP contribution in [0.3, 0.4) is 0 Å². The van der Waals surface area contributed by atoms with Crippen LogP contribution in [0.5, 0.6) is 0 Å². The predicted molar refractivity (Wildman–Crippen MR) is 56.5 cm³/mol. The molecular weight excluding hydrogens is 208 g/mol. The van der Waals surface area contributed by atoms with Crippen LogP contribution in [0, 0.1) is 0 Å². The zero-order chi connectivity index (χ0) is 11.7. The fourth-order valence-electron chi connectivity index (χ4n) is 1.81. The maximum Gasteiger partial charge on any atom is 0.338 e. The normalized spacial score (nSPS) is 12.4. The first-order chi connectivity index (χ1) is 7.67. The van der Waals surface area contributed by atoms with Crippen molar-refractivity contribution in [2.75, 3.05) is 14.2 Å². The number of carbonyl (C=O) groups excluding carboxylic acids is 2. The van der Waals surface area contributed by atoms with Gasteiger partial charge >= 0.3 is 11.9 Å². The fourth-order valence-corrected chi connectivity index (χ4v) is 1.81. The zero-order valence-corrected chi connectivity index (χ0v) is 9.20. The van der Waals surface area contributed by atoms with Gasteiger partial charge < -0.3 is 9.47 Å². The van der Waals surface area contributed by atoms with Gasteiger partial charge in [0.15, 0.2) is 0 Å². The van der Waals surface area contributed by atoms with Gasteiger partial charge in [-0.2, -0.15) is 0 Å². The highest BCUT2D eigenvalue weighted by Crippen LogP contribution is 2.27. The molecule has 84 valence electrons. The number of aryl methyl sites for hydroxylation is 2. The lowest BCUT2D eigenvalue weighted by Gasteiger charge is -2.20. The maximum absolute atomic E-state index is 11.5. The molecule has 0 bridgehead atoms. The summed E-state index contributed by atoms with van der Waals surface area (Å²) in [6.45, 7) is 0. The first kappa shape index (κ1) is 10.7. The van der Waals surface area contributed by atoms with Crippen molar-refractivity contribution in [2.24, 2.45) is 0 Å². The summed E-state index contributed by atoms with van der Waals surface area (Å²) in [7, 11) is 2.59. The Balaban J connectivity index is 2.52. The molecule has 0 N–H and O–H groups in total. The third-order valence-corrected chi connectivity index (χ3v) is 2.81. The van der Waals surface area contributed by atoms with Crippen LogP contribution in [0.2, 0.25) is 0 Å². The zero-order valence-electron chi connectivity index (χ0n) is 9.20. The number of hydrogen-bond donors (Lipinski definition) is 0. The van der Waals surface area contributed by atoms with E-state index >= 15 is 0 Å². The summed E-state index contributed by atoms with van der Waals surface area (Å²) in [6, 6.07) is 3.44. The predicted octanol–water partition coefficient (Wildman–Crippen LogP) is 1.36. The second-order valence-corrected chi connectivity index (χ2v) is 3.65. The molecule has 0 heterocycles. The third kappa shape index (κ3) is 1.56. The van der Waals surface area contributed by atoms with Crippen LogP contribution in [0.4, 0.5) is 0 Å². The van der Waals surface area contributed by atoms with E-state index in [-0.39, 0.29) is 11.1 Å². The van der Waals surface area contributed by atoms with Gasteiger partial charge in [0.1, 0.15) is 0 Å². The molecule has 2 rings (SSSR count). The van der Waals surface area contributed by atoms with E-state index in [4.69, 9.17) is 0 Å². The molecule has 0 unspecified atom stereocenters. The van der Waals surface area contributed by atoms with Crippen LogP contribution in [0.25, 0.3) is 0 Å². The second kappa shape index (κ2) is 3.96. The minimum absolute atomic E-state index is 0.285. The van der Waals surface area contributed by atoms with Crippen molar-refractivity contribution >= 4 is 11.9 Å².